The molecular formula is C18H17N5O3S. The highest BCUT2D eigenvalue weighted by atomic mass is 32.2. The van der Waals surface area contributed by atoms with Crippen molar-refractivity contribution in [2.45, 2.75) is 4.90 Å². The van der Waals surface area contributed by atoms with E-state index in [0.29, 0.717) is 33.6 Å². The Hall–Kier alpha value is -3.17. The highest BCUT2D eigenvalue weighted by Crippen LogP contribution is 2.35. The van der Waals surface area contributed by atoms with E-state index in [4.69, 9.17) is 9.15 Å². The van der Waals surface area contributed by atoms with Gasteiger partial charge in [0.2, 0.25) is 0 Å². The number of fused-ring (bicyclic) bond motifs is 1. The van der Waals surface area contributed by atoms with Crippen molar-refractivity contribution in [3.05, 3.63) is 49.1 Å². The molecule has 8 nitrogen and oxygen atoms in total. The molecule has 4 aromatic rings. The van der Waals surface area contributed by atoms with Crippen LogP contribution >= 0.6 is 0 Å². The van der Waals surface area contributed by atoms with Gasteiger partial charge in [-0.05, 0) is 37.4 Å². The third kappa shape index (κ3) is 3.18. The molecule has 3 heterocycles. The van der Waals surface area contributed by atoms with Gasteiger partial charge in [0, 0.05) is 11.8 Å². The number of aromatic nitrogens is 3. The number of aromatic amines is 1. The van der Waals surface area contributed by atoms with Crippen LogP contribution in [0, 0.1) is 0 Å². The molecule has 1 aromatic carbocycles. The van der Waals surface area contributed by atoms with Gasteiger partial charge in [0.25, 0.3) is 0 Å². The van der Waals surface area contributed by atoms with Crippen LogP contribution in [-0.4, -0.2) is 33.3 Å². The van der Waals surface area contributed by atoms with Gasteiger partial charge in [-0.1, -0.05) is 0 Å². The van der Waals surface area contributed by atoms with Crippen LogP contribution in [0.2, 0.25) is 0 Å². The number of ether oxygens (including phenoxy) is 1. The van der Waals surface area contributed by atoms with E-state index in [1.54, 1.807) is 38.6 Å². The second-order valence-corrected chi connectivity index (χ2v) is 7.00. The minimum Gasteiger partial charge on any atom is -0.495 e. The molecule has 27 heavy (non-hydrogen) atoms. The molecule has 0 aliphatic rings. The lowest BCUT2D eigenvalue weighted by Crippen LogP contribution is -2.11. The predicted octanol–water partition coefficient (Wildman–Crippen LogP) is 3.21. The van der Waals surface area contributed by atoms with E-state index in [2.05, 4.69) is 25.0 Å². The summed E-state index contributed by atoms with van der Waals surface area (Å²) in [4.78, 5) is 12.4. The van der Waals surface area contributed by atoms with Crippen molar-refractivity contribution in [2.75, 3.05) is 19.5 Å². The normalized spacial score (nSPS) is 12.2. The molecule has 0 aliphatic heterocycles. The first-order chi connectivity index (χ1) is 13.2. The lowest BCUT2D eigenvalue weighted by atomic mass is 10.2. The molecule has 0 aliphatic carbocycles. The third-order valence-corrected chi connectivity index (χ3v) is 5.13. The molecule has 0 radical (unpaired) electrons. The Labute approximate surface area is 157 Å². The first-order valence-electron chi connectivity index (χ1n) is 8.11. The fourth-order valence-electron chi connectivity index (χ4n) is 2.83. The molecule has 138 valence electrons. The van der Waals surface area contributed by atoms with Crippen molar-refractivity contribution in [3.8, 4) is 17.1 Å². The third-order valence-electron chi connectivity index (χ3n) is 4.08. The minimum atomic E-state index is -1.32. The van der Waals surface area contributed by atoms with Crippen molar-refractivity contribution in [1.82, 2.24) is 19.7 Å². The lowest BCUT2D eigenvalue weighted by Gasteiger charge is -2.13. The van der Waals surface area contributed by atoms with Gasteiger partial charge >= 0.3 is 0 Å². The van der Waals surface area contributed by atoms with Gasteiger partial charge in [-0.2, -0.15) is 0 Å². The molecule has 0 fully saturated rings. The highest BCUT2D eigenvalue weighted by molar-refractivity contribution is 7.83. The Balaban J connectivity index is 1.82. The summed E-state index contributed by atoms with van der Waals surface area (Å²) in [7, 11) is 1.90. The summed E-state index contributed by atoms with van der Waals surface area (Å²) < 4.78 is 25.8. The second kappa shape index (κ2) is 7.22. The molecule has 0 spiro atoms. The standard InChI is InChI=1S/C18H17N5O3S/c1-19-27(24)11-5-6-15(25-2)13(8-11)23-18-16-12(14-4-3-7-26-14)9-20-17(16)21-10-22-18/h3-10,19H,1-2H3,(H2,20,21,22,23). The largest absolute Gasteiger partial charge is 0.495 e. The van der Waals surface area contributed by atoms with E-state index in [1.807, 2.05) is 18.3 Å². The van der Waals surface area contributed by atoms with Gasteiger partial charge in [0.15, 0.2) is 0 Å². The summed E-state index contributed by atoms with van der Waals surface area (Å²) in [6.07, 6.45) is 4.91. The van der Waals surface area contributed by atoms with Gasteiger partial charge < -0.3 is 19.5 Å². The topological polar surface area (TPSA) is 105 Å². The predicted molar refractivity (Wildman–Crippen MR) is 103 cm³/mol. The van der Waals surface area contributed by atoms with Crippen molar-refractivity contribution in [3.63, 3.8) is 0 Å². The summed E-state index contributed by atoms with van der Waals surface area (Å²) in [5.41, 5.74) is 2.16. The van der Waals surface area contributed by atoms with Gasteiger partial charge in [-0.3, -0.25) is 0 Å². The first kappa shape index (κ1) is 17.3. The summed E-state index contributed by atoms with van der Waals surface area (Å²) in [6, 6.07) is 8.96. The number of rotatable bonds is 6. The molecule has 3 aromatic heterocycles. The van der Waals surface area contributed by atoms with E-state index in [1.165, 1.54) is 6.33 Å². The zero-order valence-electron chi connectivity index (χ0n) is 14.6. The van der Waals surface area contributed by atoms with Crippen LogP contribution in [0.3, 0.4) is 0 Å². The molecule has 4 rings (SSSR count). The number of furan rings is 1. The number of hydrogen-bond acceptors (Lipinski definition) is 6. The van der Waals surface area contributed by atoms with E-state index >= 15 is 0 Å². The Morgan fingerprint density at radius 3 is 2.89 bits per heavy atom. The van der Waals surface area contributed by atoms with Gasteiger partial charge in [-0.15, -0.1) is 0 Å². The maximum atomic E-state index is 12.1. The fourth-order valence-corrected chi connectivity index (χ4v) is 3.48. The summed E-state index contributed by atoms with van der Waals surface area (Å²) >= 11 is 0. The molecular weight excluding hydrogens is 366 g/mol. The number of anilines is 2. The molecule has 0 saturated heterocycles. The summed E-state index contributed by atoms with van der Waals surface area (Å²) in [6.45, 7) is 0. The monoisotopic (exact) mass is 383 g/mol. The van der Waals surface area contributed by atoms with E-state index in [9.17, 15) is 4.21 Å². The Morgan fingerprint density at radius 1 is 1.26 bits per heavy atom. The lowest BCUT2D eigenvalue weighted by molar-refractivity contribution is 0.416. The van der Waals surface area contributed by atoms with Crippen LogP contribution in [0.4, 0.5) is 11.5 Å². The maximum Gasteiger partial charge on any atom is 0.144 e. The second-order valence-electron chi connectivity index (χ2n) is 5.59. The zero-order valence-corrected chi connectivity index (χ0v) is 15.5. The van der Waals surface area contributed by atoms with Crippen LogP contribution < -0.4 is 14.8 Å². The van der Waals surface area contributed by atoms with E-state index < -0.39 is 11.0 Å². The molecule has 0 saturated carbocycles. The van der Waals surface area contributed by atoms with E-state index in [0.717, 1.165) is 10.9 Å². The number of nitrogens with zero attached hydrogens (tertiary/aromatic N) is 2. The smallest absolute Gasteiger partial charge is 0.144 e. The van der Waals surface area contributed by atoms with Crippen LogP contribution in [0.5, 0.6) is 5.75 Å². The van der Waals surface area contributed by atoms with Crippen LogP contribution in [0.1, 0.15) is 0 Å². The van der Waals surface area contributed by atoms with Crippen LogP contribution in [0.25, 0.3) is 22.4 Å². The fraction of sp³-hybridized carbons (Fsp3) is 0.111. The van der Waals surface area contributed by atoms with Gasteiger partial charge in [-0.25, -0.2) is 18.9 Å². The van der Waals surface area contributed by atoms with Crippen molar-refractivity contribution < 1.29 is 13.4 Å². The Morgan fingerprint density at radius 2 is 2.15 bits per heavy atom. The number of benzene rings is 1. The van der Waals surface area contributed by atoms with Gasteiger partial charge in [0.05, 0.1) is 29.3 Å². The van der Waals surface area contributed by atoms with Crippen LogP contribution in [-0.2, 0) is 11.0 Å². The van der Waals surface area contributed by atoms with E-state index in [-0.39, 0.29) is 0 Å². The molecule has 0 bridgehead atoms. The molecule has 1 unspecified atom stereocenters. The van der Waals surface area contributed by atoms with Crippen molar-refractivity contribution in [1.29, 1.82) is 0 Å². The maximum absolute atomic E-state index is 12.1. The molecule has 0 amide bonds. The number of H-pyrrole nitrogens is 1. The highest BCUT2D eigenvalue weighted by Gasteiger charge is 2.16. The SMILES string of the molecule is CNS(=O)c1ccc(OC)c(Nc2ncnc3[nH]cc(-c4ccco4)c23)c1. The van der Waals surface area contributed by atoms with Crippen LogP contribution in [0.15, 0.2) is 58.4 Å². The molecule has 9 heteroatoms. The Bertz CT molecular complexity index is 1110. The summed E-state index contributed by atoms with van der Waals surface area (Å²) in [5, 5.41) is 4.06. The molecule has 3 N–H and O–H groups in total. The minimum absolute atomic E-state index is 0.582. The average Bonchev–Trinajstić information content (AvgIpc) is 3.37. The summed E-state index contributed by atoms with van der Waals surface area (Å²) in [5.74, 6) is 1.89. The number of methoxy groups -OCH3 is 1. The quantitative estimate of drug-likeness (QED) is 0.472. The molecule has 1 atom stereocenters. The zero-order chi connectivity index (χ0) is 18.8. The van der Waals surface area contributed by atoms with Gasteiger partial charge in [0.1, 0.15) is 40.3 Å². The van der Waals surface area contributed by atoms with Crippen molar-refractivity contribution in [2.24, 2.45) is 0 Å². The number of hydrogen-bond donors (Lipinski definition) is 3. The van der Waals surface area contributed by atoms with Crippen molar-refractivity contribution >= 4 is 33.5 Å². The average molecular weight is 383 g/mol. The Kier molecular flexibility index (Phi) is 4.61. The first-order valence-corrected chi connectivity index (χ1v) is 9.26. The number of nitrogens with one attached hydrogen (secondary N) is 3.